The van der Waals surface area contributed by atoms with Gasteiger partial charge in [0.2, 0.25) is 0 Å². The molecule has 118 valence electrons. The highest BCUT2D eigenvalue weighted by Gasteiger charge is 2.10. The van der Waals surface area contributed by atoms with Crippen LogP contribution < -0.4 is 10.1 Å². The zero-order valence-electron chi connectivity index (χ0n) is 13.2. The number of methoxy groups -OCH3 is 1. The SMILES string of the molecule is COc1ccc(CCNC(=O)c2cn3c(C)cccc3n2)cc1. The number of amides is 1. The highest BCUT2D eigenvalue weighted by atomic mass is 16.5. The lowest BCUT2D eigenvalue weighted by Gasteiger charge is -2.05. The number of benzene rings is 1. The van der Waals surface area contributed by atoms with Crippen LogP contribution in [0.1, 0.15) is 21.7 Å². The van der Waals surface area contributed by atoms with E-state index in [9.17, 15) is 4.79 Å². The molecule has 2 heterocycles. The lowest BCUT2D eigenvalue weighted by Crippen LogP contribution is -2.25. The van der Waals surface area contributed by atoms with Crippen molar-refractivity contribution in [3.63, 3.8) is 0 Å². The van der Waals surface area contributed by atoms with Crippen molar-refractivity contribution in [3.05, 3.63) is 65.6 Å². The Kier molecular flexibility index (Phi) is 4.28. The molecule has 0 aliphatic rings. The zero-order valence-corrected chi connectivity index (χ0v) is 13.2. The molecule has 0 bridgehead atoms. The molecule has 23 heavy (non-hydrogen) atoms. The second-order valence-electron chi connectivity index (χ2n) is 5.38. The Morgan fingerprint density at radius 1 is 1.22 bits per heavy atom. The Bertz CT molecular complexity index is 822. The minimum Gasteiger partial charge on any atom is -0.497 e. The first-order chi connectivity index (χ1) is 11.2. The number of aromatic nitrogens is 2. The Balaban J connectivity index is 1.60. The number of imidazole rings is 1. The first-order valence-corrected chi connectivity index (χ1v) is 7.53. The molecule has 5 nitrogen and oxygen atoms in total. The van der Waals surface area contributed by atoms with Gasteiger partial charge >= 0.3 is 0 Å². The molecule has 1 N–H and O–H groups in total. The third-order valence-electron chi connectivity index (χ3n) is 3.79. The van der Waals surface area contributed by atoms with Crippen LogP contribution >= 0.6 is 0 Å². The quantitative estimate of drug-likeness (QED) is 0.788. The van der Waals surface area contributed by atoms with E-state index in [0.29, 0.717) is 12.2 Å². The van der Waals surface area contributed by atoms with Gasteiger partial charge in [-0.25, -0.2) is 4.98 Å². The topological polar surface area (TPSA) is 55.6 Å². The molecule has 1 aromatic carbocycles. The number of aryl methyl sites for hydroxylation is 1. The van der Waals surface area contributed by atoms with E-state index in [2.05, 4.69) is 10.3 Å². The van der Waals surface area contributed by atoms with Crippen LogP contribution in [0, 0.1) is 6.92 Å². The van der Waals surface area contributed by atoms with Gasteiger partial charge in [0.05, 0.1) is 7.11 Å². The molecular formula is C18H19N3O2. The van der Waals surface area contributed by atoms with Gasteiger partial charge in [0.1, 0.15) is 17.1 Å². The van der Waals surface area contributed by atoms with Crippen molar-refractivity contribution in [3.8, 4) is 5.75 Å². The van der Waals surface area contributed by atoms with E-state index in [1.165, 1.54) is 0 Å². The summed E-state index contributed by atoms with van der Waals surface area (Å²) in [5, 5.41) is 2.91. The number of rotatable bonds is 5. The molecule has 0 fully saturated rings. The highest BCUT2D eigenvalue weighted by molar-refractivity contribution is 5.92. The Labute approximate surface area is 134 Å². The monoisotopic (exact) mass is 309 g/mol. The van der Waals surface area contributed by atoms with Crippen molar-refractivity contribution < 1.29 is 9.53 Å². The molecule has 0 spiro atoms. The number of ether oxygens (including phenoxy) is 1. The maximum absolute atomic E-state index is 12.2. The van der Waals surface area contributed by atoms with Crippen molar-refractivity contribution >= 4 is 11.6 Å². The molecule has 0 atom stereocenters. The number of carbonyl (C=O) groups excluding carboxylic acids is 1. The van der Waals surface area contributed by atoms with E-state index in [1.807, 2.05) is 53.8 Å². The number of nitrogens with one attached hydrogen (secondary N) is 1. The molecule has 0 aliphatic carbocycles. The van der Waals surface area contributed by atoms with E-state index >= 15 is 0 Å². The molecule has 0 unspecified atom stereocenters. The van der Waals surface area contributed by atoms with Crippen molar-refractivity contribution in [1.82, 2.24) is 14.7 Å². The normalized spacial score (nSPS) is 10.7. The van der Waals surface area contributed by atoms with Gasteiger partial charge in [0.15, 0.2) is 0 Å². The molecule has 2 aromatic heterocycles. The second-order valence-corrected chi connectivity index (χ2v) is 5.38. The fourth-order valence-corrected chi connectivity index (χ4v) is 2.46. The van der Waals surface area contributed by atoms with Gasteiger partial charge in [0, 0.05) is 18.4 Å². The van der Waals surface area contributed by atoms with Crippen LogP contribution in [-0.4, -0.2) is 28.9 Å². The van der Waals surface area contributed by atoms with E-state index in [1.54, 1.807) is 13.3 Å². The van der Waals surface area contributed by atoms with Gasteiger partial charge in [-0.3, -0.25) is 4.79 Å². The van der Waals surface area contributed by atoms with Crippen molar-refractivity contribution in [2.45, 2.75) is 13.3 Å². The van der Waals surface area contributed by atoms with Gasteiger partial charge in [-0.1, -0.05) is 18.2 Å². The molecule has 5 heteroatoms. The molecule has 3 rings (SSSR count). The zero-order chi connectivity index (χ0) is 16.2. The molecule has 0 radical (unpaired) electrons. The third-order valence-corrected chi connectivity index (χ3v) is 3.79. The lowest BCUT2D eigenvalue weighted by atomic mass is 10.1. The largest absolute Gasteiger partial charge is 0.497 e. The summed E-state index contributed by atoms with van der Waals surface area (Å²) in [7, 11) is 1.64. The van der Waals surface area contributed by atoms with Gasteiger partial charge in [-0.05, 0) is 43.2 Å². The maximum atomic E-state index is 12.2. The standard InChI is InChI=1S/C18H19N3O2/c1-13-4-3-5-17-20-16(12-21(13)17)18(22)19-11-10-14-6-8-15(23-2)9-7-14/h3-9,12H,10-11H2,1-2H3,(H,19,22). The summed E-state index contributed by atoms with van der Waals surface area (Å²) in [6.45, 7) is 2.55. The molecule has 1 amide bonds. The summed E-state index contributed by atoms with van der Waals surface area (Å²) in [5.74, 6) is 0.680. The van der Waals surface area contributed by atoms with E-state index in [-0.39, 0.29) is 5.91 Å². The van der Waals surface area contributed by atoms with Gasteiger partial charge in [0.25, 0.3) is 5.91 Å². The van der Waals surface area contributed by atoms with Crippen LogP contribution in [0.5, 0.6) is 5.75 Å². The summed E-state index contributed by atoms with van der Waals surface area (Å²) in [6.07, 6.45) is 2.54. The predicted octanol–water partition coefficient (Wildman–Crippen LogP) is 2.62. The smallest absolute Gasteiger partial charge is 0.271 e. The first-order valence-electron chi connectivity index (χ1n) is 7.53. The van der Waals surface area contributed by atoms with Crippen LogP contribution in [-0.2, 0) is 6.42 Å². The number of fused-ring (bicyclic) bond motifs is 1. The number of nitrogens with zero attached hydrogens (tertiary/aromatic N) is 2. The van der Waals surface area contributed by atoms with Gasteiger partial charge in [-0.2, -0.15) is 0 Å². The fourth-order valence-electron chi connectivity index (χ4n) is 2.46. The fraction of sp³-hybridized carbons (Fsp3) is 0.222. The molecule has 0 saturated carbocycles. The minimum atomic E-state index is -0.151. The van der Waals surface area contributed by atoms with E-state index in [4.69, 9.17) is 4.74 Å². The average molecular weight is 309 g/mol. The van der Waals surface area contributed by atoms with E-state index < -0.39 is 0 Å². The Hall–Kier alpha value is -2.82. The van der Waals surface area contributed by atoms with Crippen molar-refractivity contribution in [1.29, 1.82) is 0 Å². The predicted molar refractivity (Wildman–Crippen MR) is 89.0 cm³/mol. The van der Waals surface area contributed by atoms with Crippen molar-refractivity contribution in [2.24, 2.45) is 0 Å². The Morgan fingerprint density at radius 3 is 2.70 bits per heavy atom. The number of pyridine rings is 1. The minimum absolute atomic E-state index is 0.151. The number of hydrogen-bond donors (Lipinski definition) is 1. The molecular weight excluding hydrogens is 290 g/mol. The van der Waals surface area contributed by atoms with Crippen molar-refractivity contribution in [2.75, 3.05) is 13.7 Å². The van der Waals surface area contributed by atoms with Crippen LogP contribution in [0.25, 0.3) is 5.65 Å². The van der Waals surface area contributed by atoms with Gasteiger partial charge < -0.3 is 14.5 Å². The lowest BCUT2D eigenvalue weighted by molar-refractivity contribution is 0.0950. The van der Waals surface area contributed by atoms with Crippen LogP contribution in [0.15, 0.2) is 48.7 Å². The number of hydrogen-bond acceptors (Lipinski definition) is 3. The molecule has 3 aromatic rings. The van der Waals surface area contributed by atoms with Gasteiger partial charge in [-0.15, -0.1) is 0 Å². The maximum Gasteiger partial charge on any atom is 0.271 e. The van der Waals surface area contributed by atoms with Crippen LogP contribution in [0.2, 0.25) is 0 Å². The summed E-state index contributed by atoms with van der Waals surface area (Å²) < 4.78 is 7.04. The van der Waals surface area contributed by atoms with Crippen LogP contribution in [0.4, 0.5) is 0 Å². The van der Waals surface area contributed by atoms with E-state index in [0.717, 1.165) is 29.1 Å². The average Bonchev–Trinajstić information content (AvgIpc) is 3.01. The molecule has 0 aliphatic heterocycles. The third kappa shape index (κ3) is 3.34. The van der Waals surface area contributed by atoms with Crippen LogP contribution in [0.3, 0.4) is 0 Å². The summed E-state index contributed by atoms with van der Waals surface area (Å²) in [4.78, 5) is 16.6. The number of carbonyl (C=O) groups is 1. The first kappa shape index (κ1) is 15.1. The summed E-state index contributed by atoms with van der Waals surface area (Å²) >= 11 is 0. The summed E-state index contributed by atoms with van der Waals surface area (Å²) in [6, 6.07) is 13.6. The Morgan fingerprint density at radius 2 is 2.00 bits per heavy atom. The highest BCUT2D eigenvalue weighted by Crippen LogP contribution is 2.11. The molecule has 0 saturated heterocycles. The second kappa shape index (κ2) is 6.52. The summed E-state index contributed by atoms with van der Waals surface area (Å²) in [5.41, 5.74) is 3.42.